The summed E-state index contributed by atoms with van der Waals surface area (Å²) in [5, 5.41) is 0. The zero-order chi connectivity index (χ0) is 14.0. The van der Waals surface area contributed by atoms with Gasteiger partial charge in [0.1, 0.15) is 9.20 Å². The molecule has 0 saturated carbocycles. The molecule has 0 saturated heterocycles. The quantitative estimate of drug-likeness (QED) is 0.804. The van der Waals surface area contributed by atoms with Crippen molar-refractivity contribution in [1.82, 2.24) is 0 Å². The van der Waals surface area contributed by atoms with E-state index in [-0.39, 0.29) is 9.20 Å². The summed E-state index contributed by atoms with van der Waals surface area (Å²) in [6.45, 7) is 0. The molecule has 0 aliphatic rings. The van der Waals surface area contributed by atoms with Gasteiger partial charge >= 0.3 is 0 Å². The van der Waals surface area contributed by atoms with Gasteiger partial charge in [0, 0.05) is 11.3 Å². The van der Waals surface area contributed by atoms with Gasteiger partial charge in [0.2, 0.25) is 0 Å². The minimum absolute atomic E-state index is 0.222. The lowest BCUT2D eigenvalue weighted by Crippen LogP contribution is -2.13. The number of anilines is 1. The van der Waals surface area contributed by atoms with Crippen LogP contribution in [-0.2, 0) is 10.0 Å². The zero-order valence-electron chi connectivity index (χ0n) is 9.46. The number of hydrogen-bond donors (Lipinski definition) is 2. The van der Waals surface area contributed by atoms with Gasteiger partial charge in [-0.15, -0.1) is 11.3 Å². The fourth-order valence-electron chi connectivity index (χ4n) is 1.38. The monoisotopic (exact) mass is 376 g/mol. The van der Waals surface area contributed by atoms with Crippen molar-refractivity contribution >= 4 is 60.2 Å². The van der Waals surface area contributed by atoms with E-state index in [0.29, 0.717) is 11.3 Å². The SMILES string of the molecule is NC(=S)c1cccc(NS(=O)(=O)c2ccc(Br)s2)c1. The fraction of sp³-hybridized carbons (Fsp3) is 0. The van der Waals surface area contributed by atoms with Gasteiger partial charge in [0.05, 0.1) is 3.79 Å². The molecular formula is C11H9BrN2O2S3. The van der Waals surface area contributed by atoms with Crippen LogP contribution in [0.2, 0.25) is 0 Å². The Kier molecular flexibility index (Phi) is 4.24. The minimum Gasteiger partial charge on any atom is -0.389 e. The highest BCUT2D eigenvalue weighted by molar-refractivity contribution is 9.11. The first kappa shape index (κ1) is 14.4. The van der Waals surface area contributed by atoms with Gasteiger partial charge in [-0.2, -0.15) is 0 Å². The molecule has 3 N–H and O–H groups in total. The highest BCUT2D eigenvalue weighted by Gasteiger charge is 2.16. The first-order valence-corrected chi connectivity index (χ1v) is 8.56. The van der Waals surface area contributed by atoms with Crippen LogP contribution >= 0.6 is 39.5 Å². The predicted octanol–water partition coefficient (Wildman–Crippen LogP) is 2.95. The van der Waals surface area contributed by atoms with Crippen LogP contribution in [0.5, 0.6) is 0 Å². The molecule has 0 amide bonds. The second-order valence-corrected chi connectivity index (χ2v) is 8.42. The van der Waals surface area contributed by atoms with Crippen molar-refractivity contribution in [1.29, 1.82) is 0 Å². The second kappa shape index (κ2) is 5.58. The van der Waals surface area contributed by atoms with E-state index in [0.717, 1.165) is 15.1 Å². The van der Waals surface area contributed by atoms with Crippen molar-refractivity contribution in [2.24, 2.45) is 5.73 Å². The van der Waals surface area contributed by atoms with Gasteiger partial charge in [0.25, 0.3) is 10.0 Å². The van der Waals surface area contributed by atoms with E-state index in [9.17, 15) is 8.42 Å². The van der Waals surface area contributed by atoms with Crippen LogP contribution in [0.3, 0.4) is 0 Å². The highest BCUT2D eigenvalue weighted by Crippen LogP contribution is 2.27. The number of rotatable bonds is 4. The van der Waals surface area contributed by atoms with E-state index in [2.05, 4.69) is 20.7 Å². The normalized spacial score (nSPS) is 11.2. The summed E-state index contributed by atoms with van der Waals surface area (Å²) < 4.78 is 27.7. The molecule has 0 aliphatic heterocycles. The van der Waals surface area contributed by atoms with Crippen LogP contribution < -0.4 is 10.5 Å². The number of nitrogens with one attached hydrogen (secondary N) is 1. The summed E-state index contributed by atoms with van der Waals surface area (Å²) in [4.78, 5) is 0.222. The Bertz CT molecular complexity index is 725. The third-order valence-electron chi connectivity index (χ3n) is 2.21. The van der Waals surface area contributed by atoms with Gasteiger partial charge in [-0.3, -0.25) is 4.72 Å². The summed E-state index contributed by atoms with van der Waals surface area (Å²) in [5.41, 5.74) is 6.55. The molecule has 0 spiro atoms. The smallest absolute Gasteiger partial charge is 0.271 e. The maximum absolute atomic E-state index is 12.1. The Morgan fingerprint density at radius 2 is 2.05 bits per heavy atom. The van der Waals surface area contributed by atoms with Crippen molar-refractivity contribution in [3.05, 3.63) is 45.7 Å². The Morgan fingerprint density at radius 1 is 1.32 bits per heavy atom. The van der Waals surface area contributed by atoms with Crippen molar-refractivity contribution in [3.8, 4) is 0 Å². The number of thiocarbonyl (C=S) groups is 1. The average molecular weight is 377 g/mol. The lowest BCUT2D eigenvalue weighted by Gasteiger charge is -2.07. The number of nitrogens with two attached hydrogens (primary N) is 1. The standard InChI is InChI=1S/C11H9BrN2O2S3/c12-9-4-5-10(18-9)19(15,16)14-8-3-1-2-7(6-8)11(13)17/h1-6,14H,(H2,13,17). The fourth-order valence-corrected chi connectivity index (χ4v) is 4.57. The molecule has 4 nitrogen and oxygen atoms in total. The molecule has 8 heteroatoms. The molecule has 19 heavy (non-hydrogen) atoms. The van der Waals surface area contributed by atoms with Crippen LogP contribution in [0, 0.1) is 0 Å². The molecule has 0 fully saturated rings. The summed E-state index contributed by atoms with van der Waals surface area (Å²) >= 11 is 9.23. The highest BCUT2D eigenvalue weighted by atomic mass is 79.9. The molecule has 0 atom stereocenters. The van der Waals surface area contributed by atoms with Crippen LogP contribution in [0.1, 0.15) is 5.56 Å². The Labute approximate surface area is 128 Å². The van der Waals surface area contributed by atoms with Crippen molar-refractivity contribution in [3.63, 3.8) is 0 Å². The third-order valence-corrected chi connectivity index (χ3v) is 5.95. The lowest BCUT2D eigenvalue weighted by atomic mass is 10.2. The number of halogens is 1. The van der Waals surface area contributed by atoms with Crippen LogP contribution in [0.25, 0.3) is 0 Å². The molecule has 0 unspecified atom stereocenters. The van der Waals surface area contributed by atoms with E-state index in [1.54, 1.807) is 30.3 Å². The molecule has 1 aromatic heterocycles. The minimum atomic E-state index is -3.58. The lowest BCUT2D eigenvalue weighted by molar-refractivity contribution is 0.603. The van der Waals surface area contributed by atoms with E-state index < -0.39 is 10.0 Å². The van der Waals surface area contributed by atoms with Crippen LogP contribution in [-0.4, -0.2) is 13.4 Å². The number of hydrogen-bond acceptors (Lipinski definition) is 4. The molecule has 100 valence electrons. The topological polar surface area (TPSA) is 72.2 Å². The van der Waals surface area contributed by atoms with E-state index in [4.69, 9.17) is 18.0 Å². The van der Waals surface area contributed by atoms with Crippen molar-refractivity contribution in [2.75, 3.05) is 4.72 Å². The van der Waals surface area contributed by atoms with Gasteiger partial charge in [-0.05, 0) is 40.2 Å². The summed E-state index contributed by atoms with van der Waals surface area (Å²) in [7, 11) is -3.58. The molecule has 2 aromatic rings. The van der Waals surface area contributed by atoms with E-state index in [1.165, 1.54) is 6.07 Å². The number of thiophene rings is 1. The number of benzene rings is 1. The molecule has 1 heterocycles. The van der Waals surface area contributed by atoms with E-state index in [1.807, 2.05) is 0 Å². The summed E-state index contributed by atoms with van der Waals surface area (Å²) in [6, 6.07) is 9.88. The van der Waals surface area contributed by atoms with E-state index >= 15 is 0 Å². The maximum Gasteiger partial charge on any atom is 0.271 e. The predicted molar refractivity (Wildman–Crippen MR) is 85.2 cm³/mol. The molecule has 1 aromatic carbocycles. The average Bonchev–Trinajstić information content (AvgIpc) is 2.76. The van der Waals surface area contributed by atoms with Gasteiger partial charge in [0.15, 0.2) is 0 Å². The molecule has 0 aliphatic carbocycles. The van der Waals surface area contributed by atoms with Gasteiger partial charge in [-0.25, -0.2) is 8.42 Å². The van der Waals surface area contributed by atoms with Crippen LogP contribution in [0.4, 0.5) is 5.69 Å². The van der Waals surface area contributed by atoms with Gasteiger partial charge in [-0.1, -0.05) is 24.4 Å². The zero-order valence-corrected chi connectivity index (χ0v) is 13.5. The largest absolute Gasteiger partial charge is 0.389 e. The third kappa shape index (κ3) is 3.53. The Balaban J connectivity index is 2.30. The summed E-state index contributed by atoms with van der Waals surface area (Å²) in [5.74, 6) is 0. The second-order valence-electron chi connectivity index (χ2n) is 3.61. The first-order chi connectivity index (χ1) is 8.88. The van der Waals surface area contributed by atoms with Crippen molar-refractivity contribution in [2.45, 2.75) is 4.21 Å². The summed E-state index contributed by atoms with van der Waals surface area (Å²) in [6.07, 6.45) is 0. The maximum atomic E-state index is 12.1. The number of sulfonamides is 1. The van der Waals surface area contributed by atoms with Gasteiger partial charge < -0.3 is 5.73 Å². The first-order valence-electron chi connectivity index (χ1n) is 5.06. The Hall–Kier alpha value is -0.960. The molecule has 0 bridgehead atoms. The molecule has 0 radical (unpaired) electrons. The van der Waals surface area contributed by atoms with Crippen molar-refractivity contribution < 1.29 is 8.42 Å². The van der Waals surface area contributed by atoms with Crippen LogP contribution in [0.15, 0.2) is 44.4 Å². The molecule has 2 rings (SSSR count). The molecular weight excluding hydrogens is 368 g/mol. The Morgan fingerprint density at radius 3 is 2.63 bits per heavy atom.